The highest BCUT2D eigenvalue weighted by molar-refractivity contribution is 5.69. The Morgan fingerprint density at radius 2 is 1.17 bits per heavy atom. The summed E-state index contributed by atoms with van der Waals surface area (Å²) >= 11 is 0. The van der Waals surface area contributed by atoms with Crippen molar-refractivity contribution in [2.45, 2.75) is 188 Å². The Morgan fingerprint density at radius 3 is 1.60 bits per heavy atom. The highest BCUT2D eigenvalue weighted by atomic mass is 16.5. The van der Waals surface area contributed by atoms with Gasteiger partial charge in [-0.05, 0) is 108 Å². The van der Waals surface area contributed by atoms with Crippen LogP contribution in [0.15, 0.2) is 29.3 Å². The summed E-state index contributed by atoms with van der Waals surface area (Å²) in [7, 11) is 2.25. The third kappa shape index (κ3) is 22.6. The van der Waals surface area contributed by atoms with Crippen LogP contribution in [0.4, 0.5) is 0 Å². The monoisotopic (exact) mass is 670 g/mol. The SMILES string of the molecule is C=C=C=C=C1C(CCCCC)CCOC(=O)CCCCCCCC(CN(C)C(C)C)CCCCCCCC(=O)OCCC1CCCCC. The number of hydrogen-bond acceptors (Lipinski definition) is 5. The molecule has 1 aliphatic rings. The average Bonchev–Trinajstić information content (AvgIpc) is 3.06. The molecule has 0 radical (unpaired) electrons. The van der Waals surface area contributed by atoms with E-state index in [0.717, 1.165) is 83.0 Å². The number of esters is 2. The normalized spacial score (nSPS) is 22.7. The summed E-state index contributed by atoms with van der Waals surface area (Å²) in [6, 6.07) is 0.574. The predicted molar refractivity (Wildman–Crippen MR) is 202 cm³/mol. The zero-order valence-electron chi connectivity index (χ0n) is 32.2. The molecule has 1 heterocycles. The molecular weight excluding hydrogens is 594 g/mol. The van der Waals surface area contributed by atoms with Gasteiger partial charge in [-0.2, -0.15) is 0 Å². The van der Waals surface area contributed by atoms with Crippen LogP contribution in [0.3, 0.4) is 0 Å². The number of carbonyl (C=O) groups excluding carboxylic acids is 2. The Bertz CT molecular complexity index is 902. The minimum atomic E-state index is -0.0704. The fraction of sp³-hybridized carbons (Fsp3) is 0.837. The van der Waals surface area contributed by atoms with Crippen LogP contribution in [0.5, 0.6) is 0 Å². The fourth-order valence-electron chi connectivity index (χ4n) is 7.03. The van der Waals surface area contributed by atoms with Crippen molar-refractivity contribution in [3.05, 3.63) is 29.3 Å². The van der Waals surface area contributed by atoms with Crippen LogP contribution in [-0.4, -0.2) is 49.7 Å². The van der Waals surface area contributed by atoms with Gasteiger partial charge in [-0.25, -0.2) is 0 Å². The molecule has 0 bridgehead atoms. The van der Waals surface area contributed by atoms with Crippen LogP contribution in [0.25, 0.3) is 0 Å². The second-order valence-electron chi connectivity index (χ2n) is 14.8. The number of rotatable bonds is 11. The van der Waals surface area contributed by atoms with Gasteiger partial charge in [0.15, 0.2) is 0 Å². The number of carbonyl (C=O) groups is 2. The molecule has 276 valence electrons. The van der Waals surface area contributed by atoms with Gasteiger partial charge in [-0.1, -0.05) is 115 Å². The maximum Gasteiger partial charge on any atom is 0.305 e. The summed E-state index contributed by atoms with van der Waals surface area (Å²) in [6.07, 6.45) is 25.6. The maximum atomic E-state index is 12.7. The van der Waals surface area contributed by atoms with Gasteiger partial charge in [0, 0.05) is 25.4 Å². The lowest BCUT2D eigenvalue weighted by molar-refractivity contribution is -0.144. The summed E-state index contributed by atoms with van der Waals surface area (Å²) < 4.78 is 11.6. The van der Waals surface area contributed by atoms with Crippen molar-refractivity contribution in [3.8, 4) is 0 Å². The smallest absolute Gasteiger partial charge is 0.305 e. The van der Waals surface area contributed by atoms with E-state index < -0.39 is 0 Å². The van der Waals surface area contributed by atoms with E-state index in [1.165, 1.54) is 76.3 Å². The van der Waals surface area contributed by atoms with Crippen molar-refractivity contribution in [1.29, 1.82) is 0 Å². The van der Waals surface area contributed by atoms with Gasteiger partial charge in [0.05, 0.1) is 13.2 Å². The average molecular weight is 670 g/mol. The Kier molecular flexibility index (Phi) is 27.4. The molecule has 1 rings (SSSR count). The van der Waals surface area contributed by atoms with E-state index in [4.69, 9.17) is 9.47 Å². The molecule has 1 aliphatic heterocycles. The quantitative estimate of drug-likeness (QED) is 0.124. The van der Waals surface area contributed by atoms with E-state index in [9.17, 15) is 9.59 Å². The van der Waals surface area contributed by atoms with Crippen molar-refractivity contribution < 1.29 is 19.1 Å². The Labute approximate surface area is 297 Å². The predicted octanol–water partition coefficient (Wildman–Crippen LogP) is 11.7. The Balaban J connectivity index is 3.00. The molecule has 5 nitrogen and oxygen atoms in total. The summed E-state index contributed by atoms with van der Waals surface area (Å²) in [5.41, 5.74) is 10.5. The van der Waals surface area contributed by atoms with E-state index >= 15 is 0 Å². The van der Waals surface area contributed by atoms with E-state index in [2.05, 4.69) is 63.4 Å². The fourth-order valence-corrected chi connectivity index (χ4v) is 7.03. The van der Waals surface area contributed by atoms with Crippen molar-refractivity contribution in [2.75, 3.05) is 26.8 Å². The van der Waals surface area contributed by atoms with Crippen molar-refractivity contribution in [3.63, 3.8) is 0 Å². The molecule has 0 saturated carbocycles. The maximum absolute atomic E-state index is 12.7. The molecule has 0 aromatic rings. The molecule has 1 saturated heterocycles. The number of hydrogen-bond donors (Lipinski definition) is 0. The molecule has 0 aromatic carbocycles. The third-order valence-corrected chi connectivity index (χ3v) is 10.4. The molecule has 0 N–H and O–H groups in total. The lowest BCUT2D eigenvalue weighted by atomic mass is 9.79. The second kappa shape index (κ2) is 29.9. The highest BCUT2D eigenvalue weighted by Crippen LogP contribution is 2.33. The highest BCUT2D eigenvalue weighted by Gasteiger charge is 2.24. The summed E-state index contributed by atoms with van der Waals surface area (Å²) in [5, 5.41) is 0. The minimum Gasteiger partial charge on any atom is -0.466 e. The first-order valence-corrected chi connectivity index (χ1v) is 20.2. The van der Waals surface area contributed by atoms with Crippen LogP contribution in [0, 0.1) is 17.8 Å². The number of allylic oxidation sites excluding steroid dienone is 1. The molecule has 0 spiro atoms. The zero-order valence-corrected chi connectivity index (χ0v) is 32.2. The lowest BCUT2D eigenvalue weighted by Crippen LogP contribution is -2.31. The first-order valence-electron chi connectivity index (χ1n) is 20.2. The first kappa shape index (κ1) is 44.0. The van der Waals surface area contributed by atoms with Gasteiger partial charge >= 0.3 is 11.9 Å². The summed E-state index contributed by atoms with van der Waals surface area (Å²) in [5.74, 6) is 1.10. The van der Waals surface area contributed by atoms with Crippen molar-refractivity contribution in [1.82, 2.24) is 4.90 Å². The van der Waals surface area contributed by atoms with Crippen LogP contribution in [0.1, 0.15) is 182 Å². The number of ether oxygens (including phenoxy) is 2. The Morgan fingerprint density at radius 1 is 0.708 bits per heavy atom. The van der Waals surface area contributed by atoms with Gasteiger partial charge in [0.1, 0.15) is 0 Å². The number of nitrogens with zero attached hydrogens (tertiary/aromatic N) is 1. The van der Waals surface area contributed by atoms with E-state index in [0.29, 0.717) is 32.1 Å². The van der Waals surface area contributed by atoms with Gasteiger partial charge in [0.2, 0.25) is 0 Å². The van der Waals surface area contributed by atoms with Gasteiger partial charge in [0.25, 0.3) is 0 Å². The molecule has 2 atom stereocenters. The molecule has 2 unspecified atom stereocenters. The van der Waals surface area contributed by atoms with Crippen LogP contribution in [0.2, 0.25) is 0 Å². The number of unbranched alkanes of at least 4 members (excludes halogenated alkanes) is 4. The second-order valence-corrected chi connectivity index (χ2v) is 14.8. The molecule has 48 heavy (non-hydrogen) atoms. The van der Waals surface area contributed by atoms with Crippen LogP contribution >= 0.6 is 0 Å². The molecule has 0 amide bonds. The third-order valence-electron chi connectivity index (χ3n) is 10.4. The van der Waals surface area contributed by atoms with Gasteiger partial charge < -0.3 is 14.4 Å². The van der Waals surface area contributed by atoms with Crippen molar-refractivity contribution in [2.24, 2.45) is 17.8 Å². The largest absolute Gasteiger partial charge is 0.466 e. The molecule has 1 fully saturated rings. The number of cyclic esters (lactones) is 2. The molecule has 5 heteroatoms. The van der Waals surface area contributed by atoms with E-state index in [1.807, 2.05) is 0 Å². The minimum absolute atomic E-state index is 0.0704. The standard InChI is InChI=1S/C43H75NO4/c1-7-10-19-27-39-32-34-47-42(45)30-23-17-13-15-21-25-38(36-44(6)37(4)5)26-22-16-14-18-24-31-43(46)48-35-33-40(28-20-11-8-2)41(39)29-12-9-3/h37-40H,3,7-8,10-11,13-28,30-36H2,1-2,4-6H3. The van der Waals surface area contributed by atoms with Crippen molar-refractivity contribution >= 4 is 11.9 Å². The summed E-state index contributed by atoms with van der Waals surface area (Å²) in [4.78, 5) is 27.9. The summed E-state index contributed by atoms with van der Waals surface area (Å²) in [6.45, 7) is 14.8. The Hall–Kier alpha value is -2.02. The van der Waals surface area contributed by atoms with E-state index in [1.54, 1.807) is 0 Å². The van der Waals surface area contributed by atoms with Gasteiger partial charge in [-0.3, -0.25) is 9.59 Å². The van der Waals surface area contributed by atoms with E-state index in [-0.39, 0.29) is 23.8 Å². The molecule has 0 aromatic heterocycles. The van der Waals surface area contributed by atoms with Crippen LogP contribution in [-0.2, 0) is 19.1 Å². The lowest BCUT2D eigenvalue weighted by Gasteiger charge is -2.27. The van der Waals surface area contributed by atoms with Gasteiger partial charge in [-0.15, -0.1) is 0 Å². The molecule has 0 aliphatic carbocycles. The first-order chi connectivity index (χ1) is 23.3. The zero-order chi connectivity index (χ0) is 35.2. The topological polar surface area (TPSA) is 55.8 Å². The molecular formula is C43H75NO4. The van der Waals surface area contributed by atoms with Crippen LogP contribution < -0.4 is 0 Å².